The number of rotatable bonds is 7. The summed E-state index contributed by atoms with van der Waals surface area (Å²) in [5.74, 6) is 2.95. The second-order valence-electron chi connectivity index (χ2n) is 9.12. The fraction of sp³-hybridized carbons (Fsp3) is 0.500. The number of anilines is 2. The molecule has 6 nitrogen and oxygen atoms in total. The van der Waals surface area contributed by atoms with Crippen LogP contribution in [0.15, 0.2) is 36.4 Å². The van der Waals surface area contributed by atoms with E-state index < -0.39 is 0 Å². The fourth-order valence-electron chi connectivity index (χ4n) is 4.90. The van der Waals surface area contributed by atoms with Crippen molar-refractivity contribution in [3.63, 3.8) is 0 Å². The molecule has 2 aliphatic rings. The van der Waals surface area contributed by atoms with Crippen molar-refractivity contribution < 1.29 is 14.2 Å². The second-order valence-corrected chi connectivity index (χ2v) is 9.12. The molecule has 0 amide bonds. The van der Waals surface area contributed by atoms with E-state index in [0.29, 0.717) is 40.8 Å². The van der Waals surface area contributed by atoms with Crippen molar-refractivity contribution in [3.8, 4) is 5.75 Å². The zero-order valence-corrected chi connectivity index (χ0v) is 21.3. The van der Waals surface area contributed by atoms with E-state index >= 15 is 4.39 Å². The molecule has 2 aromatic carbocycles. The summed E-state index contributed by atoms with van der Waals surface area (Å²) in [7, 11) is 3.51. The van der Waals surface area contributed by atoms with Crippen molar-refractivity contribution in [1.29, 1.82) is 0 Å². The van der Waals surface area contributed by atoms with Crippen molar-refractivity contribution in [1.82, 2.24) is 9.97 Å². The summed E-state index contributed by atoms with van der Waals surface area (Å²) < 4.78 is 21.4. The smallest absolute Gasteiger partial charge is 0.159 e. The molecule has 188 valence electrons. The van der Waals surface area contributed by atoms with Crippen molar-refractivity contribution in [2.24, 2.45) is 0 Å². The van der Waals surface area contributed by atoms with Crippen molar-refractivity contribution in [3.05, 3.63) is 53.6 Å². The highest BCUT2D eigenvalue weighted by Crippen LogP contribution is 2.42. The molecule has 35 heavy (non-hydrogen) atoms. The van der Waals surface area contributed by atoms with Gasteiger partial charge in [0.05, 0.1) is 30.3 Å². The Morgan fingerprint density at radius 2 is 1.74 bits per heavy atom. The van der Waals surface area contributed by atoms with E-state index in [4.69, 9.17) is 14.7 Å². The van der Waals surface area contributed by atoms with Crippen LogP contribution in [0.1, 0.15) is 62.8 Å². The molecular formula is C28H37FN4O2. The number of nitrogens with zero attached hydrogens (tertiary/aromatic N) is 4. The van der Waals surface area contributed by atoms with Gasteiger partial charge in [-0.3, -0.25) is 0 Å². The largest absolute Gasteiger partial charge is 0.496 e. The highest BCUT2D eigenvalue weighted by molar-refractivity contribution is 5.93. The Balaban J connectivity index is 0.00000141. The van der Waals surface area contributed by atoms with Gasteiger partial charge >= 0.3 is 0 Å². The summed E-state index contributed by atoms with van der Waals surface area (Å²) in [4.78, 5) is 13.6. The van der Waals surface area contributed by atoms with Crippen molar-refractivity contribution in [2.75, 3.05) is 50.2 Å². The lowest BCUT2D eigenvalue weighted by atomic mass is 9.88. The molecule has 0 unspecified atom stereocenters. The van der Waals surface area contributed by atoms with E-state index in [1.165, 1.54) is 5.56 Å². The summed E-state index contributed by atoms with van der Waals surface area (Å²) in [6.07, 6.45) is 4.11. The summed E-state index contributed by atoms with van der Waals surface area (Å²) in [5.41, 5.74) is 2.36. The zero-order valence-electron chi connectivity index (χ0n) is 21.3. The Kier molecular flexibility index (Phi) is 8.06. The minimum Gasteiger partial charge on any atom is -0.496 e. The summed E-state index contributed by atoms with van der Waals surface area (Å²) in [6.45, 7) is 5.93. The molecule has 1 saturated carbocycles. The Bertz CT molecular complexity index is 1140. The van der Waals surface area contributed by atoms with Crippen LogP contribution < -0.4 is 14.5 Å². The number of hydrogen-bond acceptors (Lipinski definition) is 6. The normalized spacial score (nSPS) is 16.1. The first-order chi connectivity index (χ1) is 17.1. The number of aliphatic hydroxyl groups excluding tert-OH is 1. The maximum atomic E-state index is 15.8. The van der Waals surface area contributed by atoms with Gasteiger partial charge in [0.25, 0.3) is 0 Å². The number of para-hydroxylation sites is 1. The summed E-state index contributed by atoms with van der Waals surface area (Å²) in [5, 5.41) is 9.80. The van der Waals surface area contributed by atoms with E-state index in [9.17, 15) is 5.11 Å². The van der Waals surface area contributed by atoms with Gasteiger partial charge in [0.1, 0.15) is 17.4 Å². The number of aromatic nitrogens is 2. The Morgan fingerprint density at radius 1 is 1.03 bits per heavy atom. The molecule has 2 heterocycles. The number of ether oxygens (including phenoxy) is 1. The molecule has 7 heteroatoms. The Labute approximate surface area is 207 Å². The molecule has 1 aliphatic heterocycles. The minimum absolute atomic E-state index is 0.0333. The quantitative estimate of drug-likeness (QED) is 0.482. The standard InChI is InChI=1S/C26H31FN4O2.C2H6/c1-30(15-16-32)21-10-9-20-23(24(21)27)26(29-25(28-20)18-7-8-18)31-13-11-17(12-14-31)19-5-3-4-6-22(19)33-2;1-2/h3-6,9-10,17-18,32H,7-8,11-16H2,1-2H3;1-2H3. The van der Waals surface area contributed by atoms with Crippen LogP contribution in [-0.2, 0) is 0 Å². The molecular weight excluding hydrogens is 443 g/mol. The van der Waals surface area contributed by atoms with Crippen LogP contribution in [-0.4, -0.2) is 55.5 Å². The van der Waals surface area contributed by atoms with Gasteiger partial charge < -0.3 is 19.6 Å². The number of benzene rings is 2. The number of methoxy groups -OCH3 is 1. The first-order valence-corrected chi connectivity index (χ1v) is 12.8. The first kappa shape index (κ1) is 25.2. The molecule has 0 radical (unpaired) electrons. The van der Waals surface area contributed by atoms with Crippen LogP contribution in [0.3, 0.4) is 0 Å². The van der Waals surface area contributed by atoms with E-state index in [2.05, 4.69) is 17.0 Å². The van der Waals surface area contributed by atoms with E-state index in [1.54, 1.807) is 25.1 Å². The van der Waals surface area contributed by atoms with Crippen LogP contribution in [0.4, 0.5) is 15.9 Å². The molecule has 2 fully saturated rings. The van der Waals surface area contributed by atoms with Gasteiger partial charge in [-0.05, 0) is 55.4 Å². The maximum absolute atomic E-state index is 15.8. The maximum Gasteiger partial charge on any atom is 0.159 e. The number of hydrogen-bond donors (Lipinski definition) is 1. The lowest BCUT2D eigenvalue weighted by Gasteiger charge is -2.34. The van der Waals surface area contributed by atoms with Gasteiger partial charge in [-0.1, -0.05) is 32.0 Å². The third kappa shape index (κ3) is 5.20. The molecule has 1 saturated heterocycles. The lowest BCUT2D eigenvalue weighted by Crippen LogP contribution is -2.34. The molecule has 1 N–H and O–H groups in total. The third-order valence-corrected chi connectivity index (χ3v) is 6.94. The van der Waals surface area contributed by atoms with E-state index in [0.717, 1.165) is 50.3 Å². The monoisotopic (exact) mass is 480 g/mol. The Hall–Kier alpha value is -2.93. The molecule has 0 atom stereocenters. The number of piperidine rings is 1. The number of halogens is 1. The van der Waals surface area contributed by atoms with E-state index in [-0.39, 0.29) is 12.4 Å². The van der Waals surface area contributed by atoms with Crippen LogP contribution in [0.5, 0.6) is 5.75 Å². The summed E-state index contributed by atoms with van der Waals surface area (Å²) in [6, 6.07) is 11.9. The molecule has 3 aromatic rings. The third-order valence-electron chi connectivity index (χ3n) is 6.94. The van der Waals surface area contributed by atoms with Gasteiger partial charge in [-0.2, -0.15) is 0 Å². The molecule has 5 rings (SSSR count). The summed E-state index contributed by atoms with van der Waals surface area (Å²) >= 11 is 0. The van der Waals surface area contributed by atoms with Gasteiger partial charge in [-0.25, -0.2) is 14.4 Å². The highest BCUT2D eigenvalue weighted by atomic mass is 19.1. The van der Waals surface area contributed by atoms with Gasteiger partial charge in [0.2, 0.25) is 0 Å². The van der Waals surface area contributed by atoms with E-state index in [1.807, 2.05) is 32.0 Å². The first-order valence-electron chi connectivity index (χ1n) is 12.8. The molecule has 0 bridgehead atoms. The molecule has 1 aromatic heterocycles. The van der Waals surface area contributed by atoms with Crippen LogP contribution >= 0.6 is 0 Å². The predicted molar refractivity (Wildman–Crippen MR) is 140 cm³/mol. The SMILES string of the molecule is CC.COc1ccccc1C1CCN(c2nc(C3CC3)nc3ccc(N(C)CCO)c(F)c23)CC1. The second kappa shape index (κ2) is 11.2. The predicted octanol–water partition coefficient (Wildman–Crippen LogP) is 5.49. The number of likely N-dealkylation sites (N-methyl/N-ethyl adjacent to an activating group) is 1. The van der Waals surface area contributed by atoms with Gasteiger partial charge in [0, 0.05) is 32.6 Å². The van der Waals surface area contributed by atoms with Crippen LogP contribution in [0.2, 0.25) is 0 Å². The van der Waals surface area contributed by atoms with Crippen LogP contribution in [0, 0.1) is 5.82 Å². The Morgan fingerprint density at radius 3 is 2.40 bits per heavy atom. The molecule has 0 spiro atoms. The zero-order chi connectivity index (χ0) is 24.9. The number of fused-ring (bicyclic) bond motifs is 1. The minimum atomic E-state index is -0.312. The van der Waals surface area contributed by atoms with Gasteiger partial charge in [-0.15, -0.1) is 0 Å². The highest BCUT2D eigenvalue weighted by Gasteiger charge is 2.31. The fourth-order valence-corrected chi connectivity index (χ4v) is 4.90. The number of aliphatic hydroxyl groups is 1. The van der Waals surface area contributed by atoms with Crippen LogP contribution in [0.25, 0.3) is 10.9 Å². The average Bonchev–Trinajstić information content (AvgIpc) is 3.75. The topological polar surface area (TPSA) is 61.7 Å². The van der Waals surface area contributed by atoms with Gasteiger partial charge in [0.15, 0.2) is 5.82 Å². The lowest BCUT2D eigenvalue weighted by molar-refractivity contribution is 0.304. The van der Waals surface area contributed by atoms with Crippen molar-refractivity contribution in [2.45, 2.75) is 51.4 Å². The average molecular weight is 481 g/mol. The van der Waals surface area contributed by atoms with Crippen molar-refractivity contribution >= 4 is 22.4 Å². The molecule has 1 aliphatic carbocycles.